The van der Waals surface area contributed by atoms with E-state index < -0.39 is 0 Å². The molecule has 0 aromatic carbocycles. The van der Waals surface area contributed by atoms with Gasteiger partial charge in [-0.2, -0.15) is 0 Å². The third-order valence-corrected chi connectivity index (χ3v) is 5.71. The van der Waals surface area contributed by atoms with Crippen molar-refractivity contribution in [2.24, 2.45) is 0 Å². The molecule has 2 saturated heterocycles. The summed E-state index contributed by atoms with van der Waals surface area (Å²) in [4.78, 5) is 20.8. The van der Waals surface area contributed by atoms with Crippen LogP contribution in [0.15, 0.2) is 47.3 Å². The summed E-state index contributed by atoms with van der Waals surface area (Å²) in [6.45, 7) is 4.89. The number of likely N-dealkylation sites (tertiary alicyclic amines) is 1. The first-order valence-electron chi connectivity index (χ1n) is 9.93. The number of piperidine rings is 1. The van der Waals surface area contributed by atoms with E-state index in [0.29, 0.717) is 12.5 Å². The second kappa shape index (κ2) is 8.67. The number of rotatable bonds is 7. The van der Waals surface area contributed by atoms with Crippen LogP contribution in [-0.4, -0.2) is 52.4 Å². The van der Waals surface area contributed by atoms with Crippen LogP contribution in [0.3, 0.4) is 0 Å². The summed E-state index contributed by atoms with van der Waals surface area (Å²) in [5.74, 6) is 1.23. The van der Waals surface area contributed by atoms with Gasteiger partial charge in [-0.1, -0.05) is 0 Å². The van der Waals surface area contributed by atoms with Crippen molar-refractivity contribution in [3.63, 3.8) is 0 Å². The zero-order valence-electron chi connectivity index (χ0n) is 15.7. The van der Waals surface area contributed by atoms with E-state index in [4.69, 9.17) is 4.42 Å². The normalized spacial score (nSPS) is 21.7. The molecule has 2 aliphatic heterocycles. The van der Waals surface area contributed by atoms with Crippen molar-refractivity contribution in [3.8, 4) is 0 Å². The molecule has 0 bridgehead atoms. The van der Waals surface area contributed by atoms with Crippen molar-refractivity contribution in [1.29, 1.82) is 0 Å². The third kappa shape index (κ3) is 4.96. The monoisotopic (exact) mass is 368 g/mol. The Morgan fingerprint density at radius 1 is 1.19 bits per heavy atom. The number of pyridine rings is 1. The van der Waals surface area contributed by atoms with Crippen LogP contribution in [-0.2, 0) is 17.9 Å². The minimum absolute atomic E-state index is 0.192. The van der Waals surface area contributed by atoms with Gasteiger partial charge in [0.15, 0.2) is 0 Å². The Bertz CT molecular complexity index is 711. The molecule has 2 fully saturated rings. The summed E-state index contributed by atoms with van der Waals surface area (Å²) in [7, 11) is 0. The predicted molar refractivity (Wildman–Crippen MR) is 103 cm³/mol. The fraction of sp³-hybridized carbons (Fsp3) is 0.524. The van der Waals surface area contributed by atoms with Crippen molar-refractivity contribution >= 4 is 5.91 Å². The van der Waals surface area contributed by atoms with Crippen molar-refractivity contribution < 1.29 is 9.21 Å². The highest BCUT2D eigenvalue weighted by molar-refractivity contribution is 5.78. The number of nitrogens with zero attached hydrogens (tertiary/aromatic N) is 3. The van der Waals surface area contributed by atoms with Gasteiger partial charge in [0.25, 0.3) is 0 Å². The lowest BCUT2D eigenvalue weighted by molar-refractivity contribution is -0.119. The summed E-state index contributed by atoms with van der Waals surface area (Å²) in [6, 6.07) is 9.00. The van der Waals surface area contributed by atoms with E-state index >= 15 is 0 Å². The summed E-state index contributed by atoms with van der Waals surface area (Å²) < 4.78 is 5.49. The van der Waals surface area contributed by atoms with E-state index in [1.807, 2.05) is 24.5 Å². The Hall–Kier alpha value is -2.18. The van der Waals surface area contributed by atoms with Crippen molar-refractivity contribution in [2.75, 3.05) is 19.6 Å². The van der Waals surface area contributed by atoms with Gasteiger partial charge in [0.05, 0.1) is 12.8 Å². The highest BCUT2D eigenvalue weighted by Gasteiger charge is 2.29. The lowest BCUT2D eigenvalue weighted by Crippen LogP contribution is -2.48. The molecular formula is C21H28N4O2. The summed E-state index contributed by atoms with van der Waals surface area (Å²) in [5, 5.41) is 3.13. The van der Waals surface area contributed by atoms with Gasteiger partial charge in [-0.15, -0.1) is 0 Å². The molecule has 2 aromatic rings. The number of hydrogen-bond donors (Lipinski definition) is 1. The molecule has 2 aromatic heterocycles. The zero-order valence-corrected chi connectivity index (χ0v) is 15.7. The van der Waals surface area contributed by atoms with Crippen LogP contribution in [0.5, 0.6) is 0 Å². The van der Waals surface area contributed by atoms with E-state index in [-0.39, 0.29) is 11.9 Å². The van der Waals surface area contributed by atoms with E-state index in [2.05, 4.69) is 32.2 Å². The van der Waals surface area contributed by atoms with Gasteiger partial charge in [0.2, 0.25) is 5.91 Å². The van der Waals surface area contributed by atoms with Gasteiger partial charge < -0.3 is 9.73 Å². The Balaban J connectivity index is 1.37. The van der Waals surface area contributed by atoms with Crippen molar-refractivity contribution in [2.45, 2.75) is 50.9 Å². The molecule has 0 spiro atoms. The maximum atomic E-state index is 11.6. The number of hydrogen-bond acceptors (Lipinski definition) is 5. The van der Waals surface area contributed by atoms with Crippen LogP contribution in [0.4, 0.5) is 0 Å². The Labute approximate surface area is 160 Å². The van der Waals surface area contributed by atoms with Gasteiger partial charge in [-0.25, -0.2) is 0 Å². The lowest BCUT2D eigenvalue weighted by atomic mass is 10.0. The average molecular weight is 368 g/mol. The predicted octanol–water partition coefficient (Wildman–Crippen LogP) is 2.42. The summed E-state index contributed by atoms with van der Waals surface area (Å²) >= 11 is 0. The molecule has 0 saturated carbocycles. The molecule has 0 unspecified atom stereocenters. The number of carbonyl (C=O) groups excluding carboxylic acids is 1. The van der Waals surface area contributed by atoms with E-state index in [1.54, 1.807) is 6.26 Å². The Morgan fingerprint density at radius 2 is 2.00 bits per heavy atom. The van der Waals surface area contributed by atoms with E-state index in [9.17, 15) is 4.79 Å². The van der Waals surface area contributed by atoms with Gasteiger partial charge in [0, 0.05) is 57.1 Å². The van der Waals surface area contributed by atoms with E-state index in [1.165, 1.54) is 5.56 Å². The highest BCUT2D eigenvalue weighted by atomic mass is 16.3. The molecule has 4 heterocycles. The summed E-state index contributed by atoms with van der Waals surface area (Å²) in [5.41, 5.74) is 1.28. The first kappa shape index (κ1) is 18.2. The second-order valence-corrected chi connectivity index (χ2v) is 7.67. The maximum absolute atomic E-state index is 11.6. The molecule has 0 aliphatic carbocycles. The van der Waals surface area contributed by atoms with Crippen LogP contribution in [0.1, 0.15) is 37.0 Å². The first-order valence-corrected chi connectivity index (χ1v) is 9.93. The average Bonchev–Trinajstić information content (AvgIpc) is 3.34. The van der Waals surface area contributed by atoms with Gasteiger partial charge >= 0.3 is 0 Å². The molecule has 1 amide bonds. The quantitative estimate of drug-likeness (QED) is 0.813. The number of carbonyl (C=O) groups is 1. The Kier molecular flexibility index (Phi) is 5.84. The second-order valence-electron chi connectivity index (χ2n) is 7.67. The maximum Gasteiger partial charge on any atom is 0.220 e. The molecule has 0 radical (unpaired) electrons. The molecular weight excluding hydrogens is 340 g/mol. The standard InChI is InChI=1S/C21H28N4O2/c26-21-4-3-18(23-21)15-25(14-17-5-9-22-10-6-17)19-7-11-24(12-8-19)16-20-2-1-13-27-20/h1-2,5-6,9-10,13,18-19H,3-4,7-8,11-12,14-16H2,(H,23,26)/t18-/m0/s1. The smallest absolute Gasteiger partial charge is 0.220 e. The molecule has 1 N–H and O–H groups in total. The number of furan rings is 1. The van der Waals surface area contributed by atoms with Crippen LogP contribution >= 0.6 is 0 Å². The fourth-order valence-corrected chi connectivity index (χ4v) is 4.23. The van der Waals surface area contributed by atoms with Gasteiger partial charge in [-0.3, -0.25) is 19.6 Å². The Morgan fingerprint density at radius 3 is 2.67 bits per heavy atom. The summed E-state index contributed by atoms with van der Waals surface area (Å²) in [6.07, 6.45) is 9.36. The first-order chi connectivity index (χ1) is 13.3. The fourth-order valence-electron chi connectivity index (χ4n) is 4.23. The van der Waals surface area contributed by atoms with Gasteiger partial charge in [-0.05, 0) is 49.1 Å². The third-order valence-electron chi connectivity index (χ3n) is 5.71. The zero-order chi connectivity index (χ0) is 18.5. The van der Waals surface area contributed by atoms with Gasteiger partial charge in [0.1, 0.15) is 5.76 Å². The molecule has 1 atom stereocenters. The number of aromatic nitrogens is 1. The number of nitrogens with one attached hydrogen (secondary N) is 1. The number of amides is 1. The molecule has 4 rings (SSSR count). The minimum Gasteiger partial charge on any atom is -0.468 e. The van der Waals surface area contributed by atoms with Crippen molar-refractivity contribution in [3.05, 3.63) is 54.2 Å². The molecule has 27 heavy (non-hydrogen) atoms. The SMILES string of the molecule is O=C1CC[C@@H](CN(Cc2ccncc2)C2CCN(Cc3ccco3)CC2)N1. The van der Waals surface area contributed by atoms with Crippen LogP contribution < -0.4 is 5.32 Å². The van der Waals surface area contributed by atoms with Crippen LogP contribution in [0.2, 0.25) is 0 Å². The highest BCUT2D eigenvalue weighted by Crippen LogP contribution is 2.22. The van der Waals surface area contributed by atoms with Crippen LogP contribution in [0.25, 0.3) is 0 Å². The largest absolute Gasteiger partial charge is 0.468 e. The minimum atomic E-state index is 0.192. The van der Waals surface area contributed by atoms with E-state index in [0.717, 1.165) is 57.7 Å². The van der Waals surface area contributed by atoms with Crippen LogP contribution in [0, 0.1) is 0 Å². The molecule has 6 nitrogen and oxygen atoms in total. The molecule has 144 valence electrons. The lowest BCUT2D eigenvalue weighted by Gasteiger charge is -2.39. The molecule has 6 heteroatoms. The topological polar surface area (TPSA) is 61.6 Å². The van der Waals surface area contributed by atoms with Crippen molar-refractivity contribution in [1.82, 2.24) is 20.1 Å². The molecule has 2 aliphatic rings.